The van der Waals surface area contributed by atoms with Crippen LogP contribution in [0.5, 0.6) is 5.75 Å². The minimum Gasteiger partial charge on any atom is -0.487 e. The lowest BCUT2D eigenvalue weighted by molar-refractivity contribution is -0.1000. The van der Waals surface area contributed by atoms with E-state index in [0.29, 0.717) is 43.2 Å². The van der Waals surface area contributed by atoms with Crippen LogP contribution in [0.3, 0.4) is 0 Å². The van der Waals surface area contributed by atoms with Gasteiger partial charge in [0.1, 0.15) is 12.4 Å². The summed E-state index contributed by atoms with van der Waals surface area (Å²) in [5, 5.41) is 12.1. The van der Waals surface area contributed by atoms with Crippen molar-refractivity contribution in [3.8, 4) is 5.75 Å². The number of likely N-dealkylation sites (N-methyl/N-ethyl adjacent to an activating group) is 1. The van der Waals surface area contributed by atoms with Gasteiger partial charge < -0.3 is 19.6 Å². The Hall–Kier alpha value is -2.33. The van der Waals surface area contributed by atoms with Crippen molar-refractivity contribution in [3.63, 3.8) is 0 Å². The highest BCUT2D eigenvalue weighted by molar-refractivity contribution is 7.90. The number of sulfonamides is 1. The van der Waals surface area contributed by atoms with E-state index in [1.54, 1.807) is 25.1 Å². The highest BCUT2D eigenvalue weighted by atomic mass is 35.5. The van der Waals surface area contributed by atoms with Gasteiger partial charge in [0.15, 0.2) is 0 Å². The van der Waals surface area contributed by atoms with E-state index in [1.165, 1.54) is 5.56 Å². The van der Waals surface area contributed by atoms with Crippen LogP contribution in [0.15, 0.2) is 36.4 Å². The Labute approximate surface area is 268 Å². The number of hydrogen-bond donors (Lipinski definition) is 2. The molecule has 5 atom stereocenters. The first-order valence-corrected chi connectivity index (χ1v) is 18.0. The number of fused-ring (bicyclic) bond motifs is 3. The Morgan fingerprint density at radius 1 is 1.07 bits per heavy atom. The van der Waals surface area contributed by atoms with Gasteiger partial charge in [-0.15, -0.1) is 0 Å². The molecule has 2 heterocycles. The van der Waals surface area contributed by atoms with Crippen LogP contribution in [0.25, 0.3) is 0 Å². The number of aliphatic hydroxyl groups is 1. The number of benzene rings is 2. The topological polar surface area (TPSA) is 99.2 Å². The number of halogens is 1. The molecule has 1 amide bonds. The normalized spacial score (nSPS) is 29.7. The van der Waals surface area contributed by atoms with E-state index in [1.807, 2.05) is 39.2 Å². The summed E-state index contributed by atoms with van der Waals surface area (Å²) in [6.45, 7) is 5.98. The molecule has 0 radical (unpaired) electrons. The molecule has 2 aliphatic heterocycles. The maximum absolute atomic E-state index is 13.4. The highest BCUT2D eigenvalue weighted by Crippen LogP contribution is 2.46. The van der Waals surface area contributed by atoms with Gasteiger partial charge in [-0.1, -0.05) is 31.0 Å². The van der Waals surface area contributed by atoms with Crippen LogP contribution in [0.2, 0.25) is 5.02 Å². The Bertz CT molecular complexity index is 1450. The van der Waals surface area contributed by atoms with Crippen LogP contribution in [0, 0.1) is 17.8 Å². The van der Waals surface area contributed by atoms with Crippen LogP contribution < -0.4 is 14.4 Å². The second-order valence-electron chi connectivity index (χ2n) is 13.6. The Morgan fingerprint density at radius 2 is 1.86 bits per heavy atom. The molecule has 8 nitrogen and oxygen atoms in total. The zero-order chi connectivity index (χ0) is 31.6. The summed E-state index contributed by atoms with van der Waals surface area (Å²) in [5.41, 5.74) is 2.45. The van der Waals surface area contributed by atoms with Crippen molar-refractivity contribution in [2.24, 2.45) is 17.8 Å². The van der Waals surface area contributed by atoms with Crippen LogP contribution in [-0.4, -0.2) is 68.9 Å². The molecule has 2 N–H and O–H groups in total. The quantitative estimate of drug-likeness (QED) is 0.436. The second kappa shape index (κ2) is 13.6. The molecule has 5 rings (SSSR count). The van der Waals surface area contributed by atoms with Crippen LogP contribution >= 0.6 is 11.6 Å². The third kappa shape index (κ3) is 7.38. The lowest BCUT2D eigenvalue weighted by Gasteiger charge is -2.50. The van der Waals surface area contributed by atoms with E-state index >= 15 is 0 Å². The first kappa shape index (κ1) is 33.0. The van der Waals surface area contributed by atoms with Gasteiger partial charge in [0.2, 0.25) is 10.0 Å². The fraction of sp³-hybridized carbons (Fsp3) is 0.618. The van der Waals surface area contributed by atoms with Crippen LogP contribution in [-0.2, 0) is 23.1 Å². The van der Waals surface area contributed by atoms with Crippen molar-refractivity contribution in [1.82, 2.24) is 9.62 Å². The smallest absolute Gasteiger partial charge is 0.264 e. The predicted molar refractivity (Wildman–Crippen MR) is 176 cm³/mol. The molecule has 0 unspecified atom stereocenters. The summed E-state index contributed by atoms with van der Waals surface area (Å²) in [6, 6.07) is 11.1. The second-order valence-corrected chi connectivity index (χ2v) is 16.1. The van der Waals surface area contributed by atoms with Gasteiger partial charge in [0, 0.05) is 30.2 Å². The molecule has 1 fully saturated rings. The van der Waals surface area contributed by atoms with Gasteiger partial charge in [-0.3, -0.25) is 4.79 Å². The van der Waals surface area contributed by atoms with E-state index in [-0.39, 0.29) is 23.3 Å². The number of carbonyl (C=O) groups is 1. The summed E-state index contributed by atoms with van der Waals surface area (Å²) >= 11 is 6.34. The summed E-state index contributed by atoms with van der Waals surface area (Å²) < 4.78 is 35.4. The minimum absolute atomic E-state index is 0.134. The van der Waals surface area contributed by atoms with Crippen molar-refractivity contribution < 1.29 is 23.1 Å². The van der Waals surface area contributed by atoms with E-state index in [4.69, 9.17) is 16.3 Å². The molecule has 10 heteroatoms. The third-order valence-corrected chi connectivity index (χ3v) is 12.3. The maximum atomic E-state index is 13.4. The van der Waals surface area contributed by atoms with Gasteiger partial charge in [-0.25, -0.2) is 13.1 Å². The van der Waals surface area contributed by atoms with Gasteiger partial charge in [-0.2, -0.15) is 0 Å². The highest BCUT2D eigenvalue weighted by Gasteiger charge is 2.47. The van der Waals surface area contributed by atoms with E-state index in [0.717, 1.165) is 56.4 Å². The van der Waals surface area contributed by atoms with Gasteiger partial charge in [-0.05, 0) is 125 Å². The lowest BCUT2D eigenvalue weighted by Crippen LogP contribution is -2.55. The zero-order valence-electron chi connectivity index (χ0n) is 26.5. The Morgan fingerprint density at radius 3 is 2.59 bits per heavy atom. The average Bonchev–Trinajstić information content (AvgIpc) is 2.96. The lowest BCUT2D eigenvalue weighted by atomic mass is 9.63. The van der Waals surface area contributed by atoms with E-state index in [2.05, 4.69) is 14.5 Å². The standard InChI is InChI=1S/C34H48ClN3O5S/c1-23-8-7-16-34(40,22-37(3)4)30-14-11-27(30)20-38-17-6-5-9-25-18-29(35)13-10-28(25)21-43-32-15-12-26(19-31(32)38)33(39)36-44(41,42)24(23)2/h10,12-13,15,18-19,23-24,27,30,40H,5-9,11,14,16-17,20-22H2,1-4H3,(H,36,39)/t23-,24+,27-,30+,34-/m0/s1. The Kier molecular flexibility index (Phi) is 10.2. The van der Waals surface area contributed by atoms with E-state index < -0.39 is 26.8 Å². The molecule has 2 aromatic carbocycles. The van der Waals surface area contributed by atoms with Crippen molar-refractivity contribution in [1.29, 1.82) is 0 Å². The monoisotopic (exact) mass is 645 g/mol. The number of rotatable bonds is 2. The van der Waals surface area contributed by atoms with Crippen molar-refractivity contribution in [2.45, 2.75) is 82.7 Å². The molecular formula is C34H48ClN3O5S. The summed E-state index contributed by atoms with van der Waals surface area (Å²) in [6.07, 6.45) is 6.75. The maximum Gasteiger partial charge on any atom is 0.264 e. The molecule has 1 aliphatic carbocycles. The number of aryl methyl sites for hydroxylation is 1. The zero-order valence-corrected chi connectivity index (χ0v) is 28.1. The van der Waals surface area contributed by atoms with Gasteiger partial charge in [0.05, 0.1) is 16.5 Å². The molecular weight excluding hydrogens is 598 g/mol. The first-order valence-electron chi connectivity index (χ1n) is 16.1. The van der Waals surface area contributed by atoms with Crippen LogP contribution in [0.4, 0.5) is 5.69 Å². The third-order valence-electron chi connectivity index (χ3n) is 10.2. The number of nitrogens with one attached hydrogen (secondary N) is 1. The Balaban J connectivity index is 1.56. The molecule has 44 heavy (non-hydrogen) atoms. The summed E-state index contributed by atoms with van der Waals surface area (Å²) in [5.74, 6) is 0.263. The first-order chi connectivity index (χ1) is 20.9. The van der Waals surface area contributed by atoms with Crippen molar-refractivity contribution in [2.75, 3.05) is 38.6 Å². The fourth-order valence-electron chi connectivity index (χ4n) is 7.34. The van der Waals surface area contributed by atoms with Gasteiger partial charge >= 0.3 is 0 Å². The molecule has 242 valence electrons. The van der Waals surface area contributed by atoms with Crippen LogP contribution in [0.1, 0.15) is 80.3 Å². The SMILES string of the molecule is C[C@@H]1[C@@H](C)CCC[C@](O)(CN(C)C)[C@@H]2CC[C@H]2CN2CCCCc3cc(Cl)ccc3COc3ccc(cc32)C(=O)NS1(=O)=O. The van der Waals surface area contributed by atoms with Crippen molar-refractivity contribution in [3.05, 3.63) is 58.1 Å². The molecule has 2 aromatic rings. The van der Waals surface area contributed by atoms with E-state index in [9.17, 15) is 18.3 Å². The minimum atomic E-state index is -3.92. The molecule has 0 aromatic heterocycles. The molecule has 0 saturated heterocycles. The largest absolute Gasteiger partial charge is 0.487 e. The average molecular weight is 646 g/mol. The number of ether oxygens (including phenoxy) is 1. The molecule has 3 aliphatic rings. The number of hydrogen-bond acceptors (Lipinski definition) is 7. The fourth-order valence-corrected chi connectivity index (χ4v) is 8.84. The molecule has 1 saturated carbocycles. The summed E-state index contributed by atoms with van der Waals surface area (Å²) in [4.78, 5) is 17.8. The number of carbonyl (C=O) groups excluding carboxylic acids is 1. The molecule has 0 spiro atoms. The predicted octanol–water partition coefficient (Wildman–Crippen LogP) is 5.65. The summed E-state index contributed by atoms with van der Waals surface area (Å²) in [7, 11) is 0.0794. The number of anilines is 1. The number of nitrogens with zero attached hydrogens (tertiary/aromatic N) is 2. The molecule has 2 bridgehead atoms. The van der Waals surface area contributed by atoms with Gasteiger partial charge in [0.25, 0.3) is 5.91 Å². The number of amides is 1. The van der Waals surface area contributed by atoms with Crippen molar-refractivity contribution >= 4 is 33.2 Å².